The molecule has 0 aliphatic carbocycles. The van der Waals surface area contributed by atoms with Gasteiger partial charge in [-0.3, -0.25) is 4.79 Å². The molecular formula is C27H31N5O3S2. The number of methoxy groups -OCH3 is 1. The number of para-hydroxylation sites is 2. The summed E-state index contributed by atoms with van der Waals surface area (Å²) in [4.78, 5) is 18.5. The molecule has 1 N–H and O–H groups in total. The van der Waals surface area contributed by atoms with E-state index in [-0.39, 0.29) is 17.8 Å². The molecule has 0 spiro atoms. The van der Waals surface area contributed by atoms with Crippen LogP contribution in [0.2, 0.25) is 0 Å². The van der Waals surface area contributed by atoms with Crippen molar-refractivity contribution < 1.29 is 14.3 Å². The lowest BCUT2D eigenvalue weighted by Crippen LogP contribution is -2.17. The van der Waals surface area contributed by atoms with Gasteiger partial charge in [0.25, 0.3) is 0 Å². The van der Waals surface area contributed by atoms with Gasteiger partial charge in [-0.2, -0.15) is 0 Å². The van der Waals surface area contributed by atoms with Crippen molar-refractivity contribution in [2.24, 2.45) is 5.92 Å². The first-order valence-corrected chi connectivity index (χ1v) is 13.8. The van der Waals surface area contributed by atoms with E-state index < -0.39 is 0 Å². The van der Waals surface area contributed by atoms with E-state index in [1.165, 1.54) is 23.1 Å². The third kappa shape index (κ3) is 6.69. The number of nitrogens with zero attached hydrogens (tertiary/aromatic N) is 4. The number of rotatable bonds is 11. The molecule has 194 valence electrons. The summed E-state index contributed by atoms with van der Waals surface area (Å²) in [7, 11) is 1.61. The molecule has 1 atom stereocenters. The molecule has 2 aromatic carbocycles. The molecular weight excluding hydrogens is 506 g/mol. The van der Waals surface area contributed by atoms with Crippen molar-refractivity contribution in [3.63, 3.8) is 0 Å². The fourth-order valence-electron chi connectivity index (χ4n) is 3.80. The molecule has 1 amide bonds. The number of thiazole rings is 1. The Labute approximate surface area is 225 Å². The SMILES string of the molecule is COc1ccccc1OC(C)c1nnc(SCC(=O)Nc2nc(-c3ccccc3)c(C)s2)n1CC(C)C. The number of benzene rings is 2. The maximum atomic E-state index is 12.8. The number of carbonyl (C=O) groups is 1. The van der Waals surface area contributed by atoms with Gasteiger partial charge in [-0.25, -0.2) is 4.98 Å². The van der Waals surface area contributed by atoms with Gasteiger partial charge in [-0.1, -0.05) is 68.1 Å². The molecule has 2 heterocycles. The topological polar surface area (TPSA) is 91.2 Å². The second kappa shape index (κ2) is 12.2. The predicted molar refractivity (Wildman–Crippen MR) is 149 cm³/mol. The summed E-state index contributed by atoms with van der Waals surface area (Å²) >= 11 is 2.82. The molecule has 0 aliphatic heterocycles. The molecule has 2 aromatic heterocycles. The Hall–Kier alpha value is -3.37. The van der Waals surface area contributed by atoms with Crippen molar-refractivity contribution >= 4 is 34.1 Å². The highest BCUT2D eigenvalue weighted by molar-refractivity contribution is 7.99. The predicted octanol–water partition coefficient (Wildman–Crippen LogP) is 6.25. The zero-order valence-electron chi connectivity index (χ0n) is 21.6. The van der Waals surface area contributed by atoms with E-state index in [0.717, 1.165) is 16.1 Å². The van der Waals surface area contributed by atoms with Crippen LogP contribution in [0.3, 0.4) is 0 Å². The average molecular weight is 538 g/mol. The minimum Gasteiger partial charge on any atom is -0.493 e. The molecule has 0 saturated carbocycles. The van der Waals surface area contributed by atoms with Gasteiger partial charge in [0.2, 0.25) is 5.91 Å². The van der Waals surface area contributed by atoms with E-state index in [4.69, 9.17) is 9.47 Å². The van der Waals surface area contributed by atoms with Gasteiger partial charge >= 0.3 is 0 Å². The Morgan fingerprint density at radius 1 is 1.05 bits per heavy atom. The summed E-state index contributed by atoms with van der Waals surface area (Å²) in [6.07, 6.45) is -0.361. The number of thioether (sulfide) groups is 1. The Kier molecular flexibility index (Phi) is 8.83. The van der Waals surface area contributed by atoms with Crippen molar-refractivity contribution in [2.45, 2.75) is 45.5 Å². The Bertz CT molecular complexity index is 1340. The maximum absolute atomic E-state index is 12.8. The summed E-state index contributed by atoms with van der Waals surface area (Å²) in [5.41, 5.74) is 1.92. The number of hydrogen-bond acceptors (Lipinski definition) is 8. The van der Waals surface area contributed by atoms with Crippen molar-refractivity contribution in [3.8, 4) is 22.8 Å². The van der Waals surface area contributed by atoms with E-state index in [1.807, 2.05) is 73.0 Å². The van der Waals surface area contributed by atoms with E-state index in [2.05, 4.69) is 34.3 Å². The van der Waals surface area contributed by atoms with E-state index in [0.29, 0.717) is 40.1 Å². The minimum atomic E-state index is -0.361. The fourth-order valence-corrected chi connectivity index (χ4v) is 5.41. The van der Waals surface area contributed by atoms with Gasteiger partial charge in [0.05, 0.1) is 18.6 Å². The van der Waals surface area contributed by atoms with Crippen molar-refractivity contribution in [3.05, 3.63) is 65.3 Å². The number of carbonyl (C=O) groups excluding carboxylic acids is 1. The number of ether oxygens (including phenoxy) is 2. The highest BCUT2D eigenvalue weighted by Gasteiger charge is 2.22. The van der Waals surface area contributed by atoms with Crippen molar-refractivity contribution in [1.82, 2.24) is 19.7 Å². The van der Waals surface area contributed by atoms with E-state index in [9.17, 15) is 4.79 Å². The van der Waals surface area contributed by atoms with Crippen LogP contribution in [0.4, 0.5) is 5.13 Å². The van der Waals surface area contributed by atoms with E-state index in [1.54, 1.807) is 7.11 Å². The third-order valence-electron chi connectivity index (χ3n) is 5.45. The number of nitrogens with one attached hydrogen (secondary N) is 1. The van der Waals surface area contributed by atoms with Crippen LogP contribution in [0.25, 0.3) is 11.3 Å². The van der Waals surface area contributed by atoms with Gasteiger partial charge in [-0.15, -0.1) is 21.5 Å². The highest BCUT2D eigenvalue weighted by Crippen LogP contribution is 2.32. The Morgan fingerprint density at radius 2 is 1.76 bits per heavy atom. The smallest absolute Gasteiger partial charge is 0.236 e. The van der Waals surface area contributed by atoms with Crippen LogP contribution in [0.15, 0.2) is 59.8 Å². The first kappa shape index (κ1) is 26.7. The molecule has 0 bridgehead atoms. The van der Waals surface area contributed by atoms with Crippen LogP contribution in [0.5, 0.6) is 11.5 Å². The minimum absolute atomic E-state index is 0.141. The zero-order chi connectivity index (χ0) is 26.4. The summed E-state index contributed by atoms with van der Waals surface area (Å²) in [5.74, 6) is 2.40. The second-order valence-corrected chi connectivity index (χ2v) is 11.0. The van der Waals surface area contributed by atoms with Gasteiger partial charge in [-0.05, 0) is 31.9 Å². The number of aromatic nitrogens is 4. The van der Waals surface area contributed by atoms with Crippen LogP contribution in [0, 0.1) is 12.8 Å². The fraction of sp³-hybridized carbons (Fsp3) is 0.333. The van der Waals surface area contributed by atoms with Crippen LogP contribution in [-0.4, -0.2) is 38.5 Å². The molecule has 10 heteroatoms. The third-order valence-corrected chi connectivity index (χ3v) is 7.31. The summed E-state index contributed by atoms with van der Waals surface area (Å²) in [6.45, 7) is 8.91. The van der Waals surface area contributed by atoms with Gasteiger partial charge in [0, 0.05) is 17.0 Å². The molecule has 0 saturated heterocycles. The van der Waals surface area contributed by atoms with Crippen molar-refractivity contribution in [1.29, 1.82) is 0 Å². The Balaban J connectivity index is 1.44. The lowest BCUT2D eigenvalue weighted by atomic mass is 10.1. The van der Waals surface area contributed by atoms with Crippen LogP contribution >= 0.6 is 23.1 Å². The quantitative estimate of drug-likeness (QED) is 0.226. The molecule has 37 heavy (non-hydrogen) atoms. The molecule has 0 radical (unpaired) electrons. The van der Waals surface area contributed by atoms with Crippen molar-refractivity contribution in [2.75, 3.05) is 18.2 Å². The first-order chi connectivity index (χ1) is 17.9. The molecule has 1 unspecified atom stereocenters. The normalized spacial score (nSPS) is 11.9. The molecule has 0 aliphatic rings. The zero-order valence-corrected chi connectivity index (χ0v) is 23.2. The maximum Gasteiger partial charge on any atom is 0.236 e. The lowest BCUT2D eigenvalue weighted by Gasteiger charge is -2.19. The molecule has 4 rings (SSSR count). The monoisotopic (exact) mass is 537 g/mol. The Morgan fingerprint density at radius 3 is 2.46 bits per heavy atom. The molecule has 4 aromatic rings. The van der Waals surface area contributed by atoms with Crippen LogP contribution in [-0.2, 0) is 11.3 Å². The first-order valence-electron chi connectivity index (χ1n) is 12.0. The largest absolute Gasteiger partial charge is 0.493 e. The summed E-state index contributed by atoms with van der Waals surface area (Å²) in [5, 5.41) is 13.0. The van der Waals surface area contributed by atoms with Crippen LogP contribution < -0.4 is 14.8 Å². The van der Waals surface area contributed by atoms with Gasteiger partial charge in [0.15, 0.2) is 33.7 Å². The van der Waals surface area contributed by atoms with E-state index >= 15 is 0 Å². The number of aryl methyl sites for hydroxylation is 1. The number of amides is 1. The summed E-state index contributed by atoms with van der Waals surface area (Å²) in [6, 6.07) is 17.5. The molecule has 0 fully saturated rings. The highest BCUT2D eigenvalue weighted by atomic mass is 32.2. The lowest BCUT2D eigenvalue weighted by molar-refractivity contribution is -0.113. The second-order valence-electron chi connectivity index (χ2n) is 8.88. The standard InChI is InChI=1S/C27H31N5O3S2/c1-17(2)15-32-25(18(3)35-22-14-10-9-13-21(22)34-5)30-31-27(32)36-16-23(33)28-26-29-24(19(4)37-26)20-11-7-6-8-12-20/h6-14,17-18H,15-16H2,1-5H3,(H,28,29,33). The summed E-state index contributed by atoms with van der Waals surface area (Å²) < 4.78 is 13.6. The van der Waals surface area contributed by atoms with Gasteiger partial charge < -0.3 is 19.4 Å². The van der Waals surface area contributed by atoms with Gasteiger partial charge in [0.1, 0.15) is 0 Å². The number of anilines is 1. The number of hydrogen-bond donors (Lipinski definition) is 1. The van der Waals surface area contributed by atoms with Crippen LogP contribution in [0.1, 0.15) is 37.6 Å². The molecule has 8 nitrogen and oxygen atoms in total. The average Bonchev–Trinajstić information content (AvgIpc) is 3.45.